The Morgan fingerprint density at radius 3 is 2.59 bits per heavy atom. The predicted octanol–water partition coefficient (Wildman–Crippen LogP) is 4.26. The number of nitrogens with two attached hydrogens (primary N) is 1. The molecular weight excluding hydrogens is 446 g/mol. The second-order valence-electron chi connectivity index (χ2n) is 7.11. The molecule has 2 atom stereocenters. The van der Waals surface area contributed by atoms with Crippen LogP contribution in [-0.4, -0.2) is 36.5 Å². The Balaban J connectivity index is 0.00000114. The van der Waals surface area contributed by atoms with Gasteiger partial charge in [0.25, 0.3) is 0 Å². The number of benzene rings is 2. The van der Waals surface area contributed by atoms with Gasteiger partial charge in [0.2, 0.25) is 0 Å². The van der Waals surface area contributed by atoms with E-state index in [0.29, 0.717) is 31.7 Å². The summed E-state index contributed by atoms with van der Waals surface area (Å²) in [6.45, 7) is 2.34. The highest BCUT2D eigenvalue weighted by molar-refractivity contribution is 7.80. The molecule has 0 saturated carbocycles. The number of rotatable bonds is 5. The lowest BCUT2D eigenvalue weighted by Crippen LogP contribution is -2.47. The largest absolute Gasteiger partial charge is 0.493 e. The Morgan fingerprint density at radius 2 is 1.97 bits per heavy atom. The molecule has 0 aromatic heterocycles. The molecule has 2 aromatic rings. The van der Waals surface area contributed by atoms with E-state index < -0.39 is 17.6 Å². The Hall–Kier alpha value is -2.56. The van der Waals surface area contributed by atoms with Crippen LogP contribution in [0.1, 0.15) is 36.1 Å². The minimum absolute atomic E-state index is 0.0292. The van der Waals surface area contributed by atoms with Gasteiger partial charge in [-0.3, -0.25) is 0 Å². The Morgan fingerprint density at radius 1 is 1.31 bits per heavy atom. The van der Waals surface area contributed by atoms with Crippen molar-refractivity contribution in [3.05, 3.63) is 65.0 Å². The summed E-state index contributed by atoms with van der Waals surface area (Å²) in [5, 5.41) is 1.68. The molecule has 32 heavy (non-hydrogen) atoms. The molecule has 0 aliphatic carbocycles. The number of thiocarbonyl (C=S) groups is 1. The van der Waals surface area contributed by atoms with Crippen molar-refractivity contribution in [1.82, 2.24) is 10.4 Å². The highest BCUT2D eigenvalue weighted by atomic mass is 32.1. The second-order valence-corrected chi connectivity index (χ2v) is 7.52. The maximum Gasteiger partial charge on any atom is 0.416 e. The fourth-order valence-corrected chi connectivity index (χ4v) is 3.84. The summed E-state index contributed by atoms with van der Waals surface area (Å²) in [5.41, 5.74) is 8.24. The number of nitrogens with one attached hydrogen (secondary N) is 1. The van der Waals surface area contributed by atoms with Crippen LogP contribution in [0.15, 0.2) is 42.5 Å². The first-order valence-corrected chi connectivity index (χ1v) is 10.3. The van der Waals surface area contributed by atoms with Crippen molar-refractivity contribution >= 4 is 23.5 Å². The number of ether oxygens (including phenoxy) is 1. The zero-order valence-corrected chi connectivity index (χ0v) is 18.5. The average molecular weight is 472 g/mol. The average Bonchev–Trinajstić information content (AvgIpc) is 2.73. The van der Waals surface area contributed by atoms with Gasteiger partial charge in [-0.05, 0) is 44.2 Å². The molecule has 5 nitrogen and oxygen atoms in total. The number of alkyl halides is 3. The molecule has 0 spiro atoms. The van der Waals surface area contributed by atoms with E-state index in [2.05, 4.69) is 5.43 Å². The summed E-state index contributed by atoms with van der Waals surface area (Å²) < 4.78 is 59.0. The van der Waals surface area contributed by atoms with E-state index in [0.717, 1.165) is 23.7 Å². The van der Waals surface area contributed by atoms with Gasteiger partial charge in [-0.2, -0.15) is 13.2 Å². The molecule has 3 rings (SSSR count). The zero-order valence-electron chi connectivity index (χ0n) is 17.7. The number of hydrogen-bond acceptors (Lipinski definition) is 5. The molecule has 3 N–H and O–H groups in total. The third kappa shape index (κ3) is 6.24. The van der Waals surface area contributed by atoms with Crippen LogP contribution >= 0.6 is 12.2 Å². The molecule has 1 aliphatic heterocycles. The fourth-order valence-electron chi connectivity index (χ4n) is 3.54. The Labute approximate surface area is 189 Å². The summed E-state index contributed by atoms with van der Waals surface area (Å²) in [6, 6.07) is 9.47. The van der Waals surface area contributed by atoms with Gasteiger partial charge < -0.3 is 20.7 Å². The number of para-hydroxylation sites is 1. The Kier molecular flexibility index (Phi) is 9.11. The third-order valence-corrected chi connectivity index (χ3v) is 5.22. The van der Waals surface area contributed by atoms with Crippen LogP contribution < -0.4 is 15.9 Å². The summed E-state index contributed by atoms with van der Waals surface area (Å²) in [4.78, 5) is 8.67. The summed E-state index contributed by atoms with van der Waals surface area (Å²) in [7, 11) is 1.72. The molecule has 0 amide bonds. The van der Waals surface area contributed by atoms with Gasteiger partial charge in [0.05, 0.1) is 18.2 Å². The van der Waals surface area contributed by atoms with Crippen LogP contribution in [0.4, 0.5) is 17.6 Å². The highest BCUT2D eigenvalue weighted by Gasteiger charge is 2.35. The lowest BCUT2D eigenvalue weighted by molar-refractivity contribution is -0.137. The zero-order chi connectivity index (χ0) is 23.9. The van der Waals surface area contributed by atoms with E-state index in [4.69, 9.17) is 27.5 Å². The van der Waals surface area contributed by atoms with E-state index in [1.54, 1.807) is 12.1 Å². The van der Waals surface area contributed by atoms with Crippen molar-refractivity contribution in [2.75, 3.05) is 20.2 Å². The lowest BCUT2D eigenvalue weighted by Gasteiger charge is -2.39. The van der Waals surface area contributed by atoms with Crippen LogP contribution in [-0.2, 0) is 11.0 Å². The van der Waals surface area contributed by atoms with Crippen LogP contribution in [0.5, 0.6) is 5.75 Å². The van der Waals surface area contributed by atoms with Gasteiger partial charge in [0, 0.05) is 24.1 Å². The number of aldehydes is 1. The van der Waals surface area contributed by atoms with Crippen LogP contribution in [0.3, 0.4) is 0 Å². The maximum atomic E-state index is 14.2. The molecule has 1 heterocycles. The maximum absolute atomic E-state index is 14.2. The highest BCUT2D eigenvalue weighted by Crippen LogP contribution is 2.39. The van der Waals surface area contributed by atoms with Gasteiger partial charge in [0.1, 0.15) is 22.8 Å². The lowest BCUT2D eigenvalue weighted by atomic mass is 9.88. The van der Waals surface area contributed by atoms with E-state index in [9.17, 15) is 17.6 Å². The number of halogens is 4. The van der Waals surface area contributed by atoms with E-state index in [1.807, 2.05) is 24.3 Å². The van der Waals surface area contributed by atoms with Crippen molar-refractivity contribution < 1.29 is 27.1 Å². The van der Waals surface area contributed by atoms with Gasteiger partial charge in [-0.15, -0.1) is 0 Å². The number of carbonyl (C=O) groups is 1. The van der Waals surface area contributed by atoms with Gasteiger partial charge in [0.15, 0.2) is 0 Å². The molecule has 10 heteroatoms. The number of hydrogen-bond donors (Lipinski definition) is 2. The minimum atomic E-state index is -4.59. The van der Waals surface area contributed by atoms with Crippen molar-refractivity contribution in [1.29, 1.82) is 0 Å². The number of hydrazine groups is 1. The van der Waals surface area contributed by atoms with Crippen molar-refractivity contribution in [3.8, 4) is 5.75 Å². The van der Waals surface area contributed by atoms with Crippen LogP contribution in [0, 0.1) is 11.7 Å². The molecule has 2 unspecified atom stereocenters. The fraction of sp³-hybridized carbons (Fsp3) is 0.364. The molecule has 0 bridgehead atoms. The van der Waals surface area contributed by atoms with E-state index in [1.165, 1.54) is 6.92 Å². The first-order chi connectivity index (χ1) is 15.1. The number of carbonyl (C=O) groups excluding carboxylic acids is 1. The van der Waals surface area contributed by atoms with Gasteiger partial charge in [-0.1, -0.05) is 30.4 Å². The number of fused-ring (bicyclic) bond motifs is 1. The molecule has 0 radical (unpaired) electrons. The minimum Gasteiger partial charge on any atom is -0.493 e. The number of nitrogens with zero attached hydrogens (tertiary/aromatic N) is 1. The standard InChI is InChI=1S/C20H21F4N3OS.C2H4O/c1-27(18-12(8-9-25)11-28-17-5-3-2-4-14(17)18)26-19(29)15-10-13(20(22,23)24)6-7-16(15)21;1-2-3/h2-7,10,12,18H,8-9,11,25H2,1H3,(H,26,29);2H,1H3. The first kappa shape index (κ1) is 25.7. The molecule has 0 saturated heterocycles. The van der Waals surface area contributed by atoms with Crippen molar-refractivity contribution in [2.45, 2.75) is 25.6 Å². The predicted molar refractivity (Wildman–Crippen MR) is 118 cm³/mol. The Bertz CT molecular complexity index is 940. The normalized spacial score (nSPS) is 17.5. The molecule has 0 fully saturated rings. The van der Waals surface area contributed by atoms with E-state index in [-0.39, 0.29) is 22.5 Å². The van der Waals surface area contributed by atoms with Gasteiger partial charge >= 0.3 is 6.18 Å². The molecular formula is C22H25F4N3O2S. The van der Waals surface area contributed by atoms with Crippen molar-refractivity contribution in [2.24, 2.45) is 11.7 Å². The van der Waals surface area contributed by atoms with E-state index >= 15 is 0 Å². The molecule has 1 aliphatic rings. The quantitative estimate of drug-likeness (QED) is 0.294. The molecule has 2 aromatic carbocycles. The third-order valence-electron chi connectivity index (χ3n) is 4.91. The summed E-state index contributed by atoms with van der Waals surface area (Å²) in [5.74, 6) is -0.0769. The van der Waals surface area contributed by atoms with Crippen LogP contribution in [0.25, 0.3) is 0 Å². The molecule has 174 valence electrons. The SMILES string of the molecule is CC=O.CN(NC(=S)c1cc(C(F)(F)F)ccc1F)C1c2ccccc2OCC1CCN. The van der Waals surface area contributed by atoms with Crippen molar-refractivity contribution in [3.63, 3.8) is 0 Å². The topological polar surface area (TPSA) is 67.6 Å². The smallest absolute Gasteiger partial charge is 0.416 e. The van der Waals surface area contributed by atoms with Gasteiger partial charge in [-0.25, -0.2) is 9.40 Å². The first-order valence-electron chi connectivity index (χ1n) is 9.86. The summed E-state index contributed by atoms with van der Waals surface area (Å²) >= 11 is 5.22. The summed E-state index contributed by atoms with van der Waals surface area (Å²) in [6.07, 6.45) is -3.16. The monoisotopic (exact) mass is 471 g/mol. The second kappa shape index (κ2) is 11.3. The van der Waals surface area contributed by atoms with Crippen LogP contribution in [0.2, 0.25) is 0 Å².